The molecule has 0 bridgehead atoms. The average Bonchev–Trinajstić information content (AvgIpc) is 3.40. The minimum absolute atomic E-state index is 0.0641. The summed E-state index contributed by atoms with van der Waals surface area (Å²) in [5.74, 6) is -0.0874. The van der Waals surface area contributed by atoms with Crippen molar-refractivity contribution in [2.75, 3.05) is 24.7 Å². The fourth-order valence-corrected chi connectivity index (χ4v) is 7.18. The molecule has 8 rings (SSSR count). The molecule has 50 heavy (non-hydrogen) atoms. The first-order chi connectivity index (χ1) is 24.4. The summed E-state index contributed by atoms with van der Waals surface area (Å²) in [6.07, 6.45) is 13.1. The van der Waals surface area contributed by atoms with Gasteiger partial charge in [0.05, 0.1) is 6.04 Å². The van der Waals surface area contributed by atoms with Crippen molar-refractivity contribution in [3.8, 4) is 0 Å². The van der Waals surface area contributed by atoms with Crippen molar-refractivity contribution in [1.29, 1.82) is 0 Å². The van der Waals surface area contributed by atoms with Crippen LogP contribution in [0.1, 0.15) is 61.9 Å². The van der Waals surface area contributed by atoms with E-state index in [-0.39, 0.29) is 17.7 Å². The van der Waals surface area contributed by atoms with E-state index >= 15 is 0 Å². The predicted molar refractivity (Wildman–Crippen MR) is 205 cm³/mol. The summed E-state index contributed by atoms with van der Waals surface area (Å²) in [4.78, 5) is 28.8. The third-order valence-electron chi connectivity index (χ3n) is 9.73. The van der Waals surface area contributed by atoms with E-state index in [1.165, 1.54) is 32.3 Å². The Morgan fingerprint density at radius 1 is 0.760 bits per heavy atom. The molecule has 0 aromatic heterocycles. The number of ketones is 1. The van der Waals surface area contributed by atoms with Crippen LogP contribution in [0.4, 0.5) is 11.4 Å². The van der Waals surface area contributed by atoms with E-state index in [9.17, 15) is 9.59 Å². The van der Waals surface area contributed by atoms with Gasteiger partial charge in [0.15, 0.2) is 5.78 Å². The molecule has 2 N–H and O–H groups in total. The van der Waals surface area contributed by atoms with Gasteiger partial charge in [-0.05, 0) is 126 Å². The number of Topliss-reactive ketones (excluding diaryl/α,β-unsaturated/α-hetero) is 1. The number of amides is 1. The van der Waals surface area contributed by atoms with Crippen molar-refractivity contribution >= 4 is 40.8 Å². The van der Waals surface area contributed by atoms with Gasteiger partial charge in [0.2, 0.25) is 0 Å². The number of benzene rings is 5. The van der Waals surface area contributed by atoms with Crippen molar-refractivity contribution in [3.63, 3.8) is 0 Å². The fourth-order valence-electron chi connectivity index (χ4n) is 7.18. The quantitative estimate of drug-likeness (QED) is 0.189. The fraction of sp³-hybridized carbons (Fsp3) is 0.156. The molecule has 5 nitrogen and oxygen atoms in total. The number of para-hydroxylation sites is 1. The lowest BCUT2D eigenvalue weighted by Gasteiger charge is -2.29. The Kier molecular flexibility index (Phi) is 9.41. The smallest absolute Gasteiger partial charge is 0.255 e. The molecule has 5 aromatic carbocycles. The van der Waals surface area contributed by atoms with E-state index < -0.39 is 0 Å². The van der Waals surface area contributed by atoms with Gasteiger partial charge in [0.25, 0.3) is 5.91 Å². The molecule has 2 aliphatic carbocycles. The lowest BCUT2D eigenvalue weighted by molar-refractivity contribution is 0.102. The molecule has 0 saturated carbocycles. The van der Waals surface area contributed by atoms with Gasteiger partial charge < -0.3 is 10.6 Å². The first-order valence-electron chi connectivity index (χ1n) is 17.2. The Hall–Kier alpha value is -5.78. The maximum absolute atomic E-state index is 13.8. The minimum Gasteiger partial charge on any atom is -0.361 e. The number of nitrogens with one attached hydrogen (secondary N) is 2. The van der Waals surface area contributed by atoms with Gasteiger partial charge in [0, 0.05) is 34.3 Å². The summed E-state index contributed by atoms with van der Waals surface area (Å²) in [5, 5.41) is 11.0. The van der Waals surface area contributed by atoms with E-state index in [1.54, 1.807) is 0 Å². The van der Waals surface area contributed by atoms with Crippen LogP contribution in [-0.4, -0.2) is 30.7 Å². The van der Waals surface area contributed by atoms with Gasteiger partial charge in [-0.1, -0.05) is 91.0 Å². The number of carbonyl (C=O) groups excluding carboxylic acids is 2. The largest absolute Gasteiger partial charge is 0.361 e. The maximum Gasteiger partial charge on any atom is 0.255 e. The van der Waals surface area contributed by atoms with Gasteiger partial charge in [0.1, 0.15) is 0 Å². The molecule has 5 heteroatoms. The summed E-state index contributed by atoms with van der Waals surface area (Å²) in [6.45, 7) is 1.92. The van der Waals surface area contributed by atoms with Crippen LogP contribution in [0, 0.1) is 17.4 Å². The monoisotopic (exact) mass is 655 g/mol. The molecule has 248 valence electrons. The SMILES string of the molecule is C1=CNc2ccccc2C=C1.Cc1ccccc1C(=O)Nc1ccc(C(=O)C2=c3ccc4c(c3CCC2)C(N(C)C)C=c2ccccc2=4)cc1. The van der Waals surface area contributed by atoms with E-state index in [4.69, 9.17) is 0 Å². The van der Waals surface area contributed by atoms with Crippen molar-refractivity contribution in [1.82, 2.24) is 4.90 Å². The normalized spacial score (nSPS) is 15.1. The summed E-state index contributed by atoms with van der Waals surface area (Å²) in [6, 6.07) is 36.1. The summed E-state index contributed by atoms with van der Waals surface area (Å²) in [5.41, 5.74) is 8.79. The van der Waals surface area contributed by atoms with Crippen molar-refractivity contribution in [2.45, 2.75) is 32.2 Å². The molecule has 1 aliphatic heterocycles. The number of nitrogens with zero attached hydrogens (tertiary/aromatic N) is 1. The standard InChI is InChI=1S/C35H32N2O2.C10H9N/c1-22-9-4-6-11-26(22)35(39)36-25-17-15-23(16-18-25)34(38)31-14-8-13-29-28(31)19-20-30-27-12-7-5-10-24(27)21-32(33(29)30)37(2)3;1-2-7-10-9(5-1)6-3-4-8-11-10/h4-7,9-12,15-21,32H,8,13-14H2,1-3H3,(H,36,39);1-8,11H. The van der Waals surface area contributed by atoms with Gasteiger partial charge in [-0.2, -0.15) is 0 Å². The van der Waals surface area contributed by atoms with E-state index in [0.717, 1.165) is 41.3 Å². The molecule has 1 unspecified atom stereocenters. The number of allylic oxidation sites excluding steroid dienone is 2. The number of aryl methyl sites for hydroxylation is 1. The van der Waals surface area contributed by atoms with E-state index in [1.807, 2.05) is 85.9 Å². The van der Waals surface area contributed by atoms with Crippen LogP contribution in [0.2, 0.25) is 0 Å². The predicted octanol–water partition coefficient (Wildman–Crippen LogP) is 7.94. The highest BCUT2D eigenvalue weighted by atomic mass is 16.1. The highest BCUT2D eigenvalue weighted by Gasteiger charge is 2.25. The van der Waals surface area contributed by atoms with Crippen LogP contribution in [0.25, 0.3) is 17.7 Å². The Balaban J connectivity index is 0.000000302. The Morgan fingerprint density at radius 2 is 1.50 bits per heavy atom. The van der Waals surface area contributed by atoms with Gasteiger partial charge in [-0.25, -0.2) is 0 Å². The van der Waals surface area contributed by atoms with Gasteiger partial charge in [-0.15, -0.1) is 0 Å². The lowest BCUT2D eigenvalue weighted by Crippen LogP contribution is -2.31. The van der Waals surface area contributed by atoms with Gasteiger partial charge >= 0.3 is 0 Å². The number of rotatable bonds is 5. The molecule has 1 heterocycles. The molecule has 0 fully saturated rings. The Morgan fingerprint density at radius 3 is 2.32 bits per heavy atom. The van der Waals surface area contributed by atoms with Crippen molar-refractivity contribution in [3.05, 3.63) is 182 Å². The Labute approximate surface area is 293 Å². The van der Waals surface area contributed by atoms with Crippen LogP contribution in [0.5, 0.6) is 0 Å². The second-order valence-electron chi connectivity index (χ2n) is 13.2. The van der Waals surface area contributed by atoms with Crippen LogP contribution < -0.4 is 21.1 Å². The van der Waals surface area contributed by atoms with E-state index in [2.05, 4.69) is 90.3 Å². The van der Waals surface area contributed by atoms with Crippen molar-refractivity contribution in [2.24, 2.45) is 0 Å². The highest BCUT2D eigenvalue weighted by Crippen LogP contribution is 2.30. The first kappa shape index (κ1) is 32.8. The molecular formula is C45H41N3O2. The summed E-state index contributed by atoms with van der Waals surface area (Å²) in [7, 11) is 4.24. The summed E-state index contributed by atoms with van der Waals surface area (Å²) < 4.78 is 0. The van der Waals surface area contributed by atoms with E-state index in [0.29, 0.717) is 16.8 Å². The highest BCUT2D eigenvalue weighted by molar-refractivity contribution is 6.24. The molecule has 1 amide bonds. The van der Waals surface area contributed by atoms with Crippen LogP contribution in [0.15, 0.2) is 128 Å². The molecular weight excluding hydrogens is 615 g/mol. The topological polar surface area (TPSA) is 61.4 Å². The maximum atomic E-state index is 13.8. The molecule has 0 spiro atoms. The molecule has 0 saturated heterocycles. The number of fused-ring (bicyclic) bond motifs is 5. The number of hydrogen-bond acceptors (Lipinski definition) is 4. The zero-order valence-corrected chi connectivity index (χ0v) is 28.7. The molecule has 0 radical (unpaired) electrons. The van der Waals surface area contributed by atoms with Gasteiger partial charge in [-0.3, -0.25) is 14.5 Å². The van der Waals surface area contributed by atoms with Crippen LogP contribution in [-0.2, 0) is 6.42 Å². The number of hydrogen-bond donors (Lipinski definition) is 2. The second kappa shape index (κ2) is 14.4. The Bertz CT molecular complexity index is 2390. The van der Waals surface area contributed by atoms with Crippen molar-refractivity contribution < 1.29 is 9.59 Å². The average molecular weight is 656 g/mol. The number of anilines is 2. The molecule has 5 aromatic rings. The van der Waals surface area contributed by atoms with Crippen LogP contribution >= 0.6 is 0 Å². The lowest BCUT2D eigenvalue weighted by atomic mass is 9.82. The zero-order valence-electron chi connectivity index (χ0n) is 28.7. The van der Waals surface area contributed by atoms with Crippen LogP contribution in [0.3, 0.4) is 0 Å². The molecule has 3 aliphatic rings. The minimum atomic E-state index is -0.152. The first-order valence-corrected chi connectivity index (χ1v) is 17.2. The number of carbonyl (C=O) groups is 2. The third kappa shape index (κ3) is 6.60. The molecule has 1 atom stereocenters. The third-order valence-corrected chi connectivity index (χ3v) is 9.73. The zero-order chi connectivity index (χ0) is 34.6. The second-order valence-corrected chi connectivity index (χ2v) is 13.2. The summed E-state index contributed by atoms with van der Waals surface area (Å²) >= 11 is 0.